The summed E-state index contributed by atoms with van der Waals surface area (Å²) in [7, 11) is 1.49. The second-order valence-corrected chi connectivity index (χ2v) is 2.58. The Labute approximate surface area is 74.1 Å². The van der Waals surface area contributed by atoms with Crippen LogP contribution in [-0.2, 0) is 4.79 Å². The molecule has 0 aliphatic carbocycles. The number of ketones is 1. The summed E-state index contributed by atoms with van der Waals surface area (Å²) in [6.45, 7) is 0. The number of hydrogen-bond donors (Lipinski definition) is 0. The van der Waals surface area contributed by atoms with Gasteiger partial charge >= 0.3 is 5.97 Å². The molecular weight excluding hydrogens is 172 g/mol. The van der Waals surface area contributed by atoms with Crippen LogP contribution in [0.1, 0.15) is 10.4 Å². The highest BCUT2D eigenvalue weighted by molar-refractivity contribution is 6.44. The van der Waals surface area contributed by atoms with E-state index in [0.29, 0.717) is 11.5 Å². The second-order valence-electron chi connectivity index (χ2n) is 2.58. The van der Waals surface area contributed by atoms with Gasteiger partial charge in [0, 0.05) is 0 Å². The number of fused-ring (bicyclic) bond motifs is 1. The smallest absolute Gasteiger partial charge is 0.385 e. The zero-order valence-electron chi connectivity index (χ0n) is 6.87. The first kappa shape index (κ1) is 7.79. The van der Waals surface area contributed by atoms with Gasteiger partial charge in [-0.25, -0.2) is 4.79 Å². The lowest BCUT2D eigenvalue weighted by atomic mass is 10.1. The van der Waals surface area contributed by atoms with Gasteiger partial charge in [0.05, 0.1) is 12.7 Å². The van der Waals surface area contributed by atoms with E-state index in [4.69, 9.17) is 4.74 Å². The molecule has 0 amide bonds. The minimum Gasteiger partial charge on any atom is -0.497 e. The molecule has 66 valence electrons. The van der Waals surface area contributed by atoms with Crippen molar-refractivity contribution in [2.24, 2.45) is 0 Å². The number of benzene rings is 1. The Morgan fingerprint density at radius 1 is 1.31 bits per heavy atom. The molecule has 0 aromatic heterocycles. The SMILES string of the molecule is COc1ccc2c(c1)C(=O)C(=O)O2. The molecule has 0 bridgehead atoms. The molecule has 4 heteroatoms. The largest absolute Gasteiger partial charge is 0.497 e. The van der Waals surface area contributed by atoms with Crippen molar-refractivity contribution in [3.05, 3.63) is 23.8 Å². The fraction of sp³-hybridized carbons (Fsp3) is 0.111. The quantitative estimate of drug-likeness (QED) is 0.362. The van der Waals surface area contributed by atoms with Gasteiger partial charge in [0.25, 0.3) is 5.78 Å². The number of ether oxygens (including phenoxy) is 2. The van der Waals surface area contributed by atoms with Crippen LogP contribution in [0.15, 0.2) is 18.2 Å². The van der Waals surface area contributed by atoms with Gasteiger partial charge in [-0.1, -0.05) is 0 Å². The summed E-state index contributed by atoms with van der Waals surface area (Å²) in [5.41, 5.74) is 0.268. The number of carbonyl (C=O) groups is 2. The highest BCUT2D eigenvalue weighted by Crippen LogP contribution is 2.29. The zero-order valence-corrected chi connectivity index (χ0v) is 6.87. The Morgan fingerprint density at radius 3 is 2.77 bits per heavy atom. The first-order valence-electron chi connectivity index (χ1n) is 3.67. The van der Waals surface area contributed by atoms with Crippen LogP contribution < -0.4 is 9.47 Å². The van der Waals surface area contributed by atoms with E-state index in [0.717, 1.165) is 0 Å². The molecule has 1 aromatic rings. The summed E-state index contributed by atoms with van der Waals surface area (Å²) >= 11 is 0. The topological polar surface area (TPSA) is 52.6 Å². The molecule has 2 rings (SSSR count). The van der Waals surface area contributed by atoms with Gasteiger partial charge in [0.2, 0.25) is 0 Å². The minimum atomic E-state index is -0.830. The predicted octanol–water partition coefficient (Wildman–Crippen LogP) is 0.797. The third kappa shape index (κ3) is 1.07. The minimum absolute atomic E-state index is 0.268. The first-order valence-corrected chi connectivity index (χ1v) is 3.67. The molecule has 0 unspecified atom stereocenters. The standard InChI is InChI=1S/C9H6O4/c1-12-5-2-3-7-6(4-5)8(10)9(11)13-7/h2-4H,1H3. The lowest BCUT2D eigenvalue weighted by Crippen LogP contribution is -2.10. The number of Topliss-reactive ketones (excluding diaryl/α,β-unsaturated/α-hetero) is 1. The molecule has 1 aromatic carbocycles. The van der Waals surface area contributed by atoms with E-state index < -0.39 is 11.8 Å². The van der Waals surface area contributed by atoms with E-state index in [2.05, 4.69) is 4.74 Å². The number of esters is 1. The Hall–Kier alpha value is -1.84. The van der Waals surface area contributed by atoms with Crippen molar-refractivity contribution in [3.63, 3.8) is 0 Å². The van der Waals surface area contributed by atoms with Crippen LogP contribution in [-0.4, -0.2) is 18.9 Å². The van der Waals surface area contributed by atoms with Crippen molar-refractivity contribution in [1.29, 1.82) is 0 Å². The number of rotatable bonds is 1. The molecule has 0 N–H and O–H groups in total. The molecular formula is C9H6O4. The molecule has 0 atom stereocenters. The Kier molecular flexibility index (Phi) is 1.55. The number of hydrogen-bond acceptors (Lipinski definition) is 4. The van der Waals surface area contributed by atoms with Crippen LogP contribution >= 0.6 is 0 Å². The summed E-state index contributed by atoms with van der Waals surface area (Å²) in [4.78, 5) is 22.0. The molecule has 0 saturated heterocycles. The number of methoxy groups -OCH3 is 1. The summed E-state index contributed by atoms with van der Waals surface area (Å²) in [6, 6.07) is 4.66. The Bertz CT molecular complexity index is 395. The van der Waals surface area contributed by atoms with Crippen molar-refractivity contribution in [2.75, 3.05) is 7.11 Å². The molecule has 13 heavy (non-hydrogen) atoms. The van der Waals surface area contributed by atoms with Crippen LogP contribution in [0.4, 0.5) is 0 Å². The van der Waals surface area contributed by atoms with Crippen LogP contribution in [0, 0.1) is 0 Å². The maximum absolute atomic E-state index is 11.1. The molecule has 1 aliphatic heterocycles. The van der Waals surface area contributed by atoms with Crippen molar-refractivity contribution < 1.29 is 19.1 Å². The molecule has 0 spiro atoms. The summed E-state index contributed by atoms with van der Waals surface area (Å²) in [5.74, 6) is -0.613. The average molecular weight is 178 g/mol. The third-order valence-corrected chi connectivity index (χ3v) is 1.82. The Balaban J connectivity index is 2.54. The van der Waals surface area contributed by atoms with Gasteiger partial charge in [-0.2, -0.15) is 0 Å². The lowest BCUT2D eigenvalue weighted by Gasteiger charge is -1.99. The number of carbonyl (C=O) groups excluding carboxylic acids is 2. The van der Waals surface area contributed by atoms with Gasteiger partial charge in [-0.3, -0.25) is 4.79 Å². The van der Waals surface area contributed by atoms with Crippen molar-refractivity contribution in [2.45, 2.75) is 0 Å². The van der Waals surface area contributed by atoms with Gasteiger partial charge in [0.15, 0.2) is 0 Å². The third-order valence-electron chi connectivity index (χ3n) is 1.82. The molecule has 1 heterocycles. The highest BCUT2D eigenvalue weighted by atomic mass is 16.5. The second kappa shape index (κ2) is 2.58. The van der Waals surface area contributed by atoms with Crippen molar-refractivity contribution in [3.8, 4) is 11.5 Å². The normalized spacial score (nSPS) is 13.9. The monoisotopic (exact) mass is 178 g/mol. The summed E-state index contributed by atoms with van der Waals surface area (Å²) < 4.78 is 9.58. The van der Waals surface area contributed by atoms with Crippen LogP contribution in [0.2, 0.25) is 0 Å². The fourth-order valence-electron chi connectivity index (χ4n) is 1.16. The molecule has 0 fully saturated rings. The molecule has 4 nitrogen and oxygen atoms in total. The summed E-state index contributed by atoms with van der Waals surface area (Å²) in [5, 5.41) is 0. The molecule has 1 aliphatic rings. The molecule has 0 saturated carbocycles. The van der Waals surface area contributed by atoms with Crippen molar-refractivity contribution >= 4 is 11.8 Å². The predicted molar refractivity (Wildman–Crippen MR) is 43.0 cm³/mol. The fourth-order valence-corrected chi connectivity index (χ4v) is 1.16. The van der Waals surface area contributed by atoms with Crippen LogP contribution in [0.25, 0.3) is 0 Å². The zero-order chi connectivity index (χ0) is 9.42. The average Bonchev–Trinajstić information content (AvgIpc) is 2.43. The van der Waals surface area contributed by atoms with Gasteiger partial charge < -0.3 is 9.47 Å². The van der Waals surface area contributed by atoms with Gasteiger partial charge in [-0.15, -0.1) is 0 Å². The van der Waals surface area contributed by atoms with E-state index in [-0.39, 0.29) is 5.56 Å². The van der Waals surface area contributed by atoms with E-state index in [9.17, 15) is 9.59 Å². The van der Waals surface area contributed by atoms with Gasteiger partial charge in [-0.05, 0) is 18.2 Å². The maximum Gasteiger partial charge on any atom is 0.385 e. The van der Waals surface area contributed by atoms with Crippen LogP contribution in [0.3, 0.4) is 0 Å². The van der Waals surface area contributed by atoms with Crippen LogP contribution in [0.5, 0.6) is 11.5 Å². The highest BCUT2D eigenvalue weighted by Gasteiger charge is 2.30. The van der Waals surface area contributed by atoms with Gasteiger partial charge in [0.1, 0.15) is 11.5 Å². The first-order chi connectivity index (χ1) is 6.22. The maximum atomic E-state index is 11.1. The van der Waals surface area contributed by atoms with E-state index in [1.54, 1.807) is 6.07 Å². The summed E-state index contributed by atoms with van der Waals surface area (Å²) in [6.07, 6.45) is 0. The molecule has 0 radical (unpaired) electrons. The van der Waals surface area contributed by atoms with E-state index >= 15 is 0 Å². The van der Waals surface area contributed by atoms with Crippen molar-refractivity contribution in [1.82, 2.24) is 0 Å². The lowest BCUT2D eigenvalue weighted by molar-refractivity contribution is -0.128. The van der Waals surface area contributed by atoms with E-state index in [1.807, 2.05) is 0 Å². The Morgan fingerprint density at radius 2 is 2.08 bits per heavy atom. The van der Waals surface area contributed by atoms with E-state index in [1.165, 1.54) is 19.2 Å².